The van der Waals surface area contributed by atoms with Crippen LogP contribution in [0.3, 0.4) is 0 Å². The molecule has 0 aromatic rings. The molecule has 0 unspecified atom stereocenters. The van der Waals surface area contributed by atoms with Crippen LogP contribution in [0, 0.1) is 13.3 Å². The molecule has 0 spiro atoms. The van der Waals surface area contributed by atoms with E-state index in [1.807, 2.05) is 13.0 Å². The zero-order valence-corrected chi connectivity index (χ0v) is 4.15. The predicted molar refractivity (Wildman–Crippen MR) is 29.1 cm³/mol. The quantitative estimate of drug-likeness (QED) is 0.478. The van der Waals surface area contributed by atoms with E-state index < -0.39 is 0 Å². The summed E-state index contributed by atoms with van der Waals surface area (Å²) >= 11 is 0. The first-order chi connectivity index (χ1) is 2.91. The average molecular weight is 82.1 g/mol. The third-order valence-electron chi connectivity index (χ3n) is 0.538. The van der Waals surface area contributed by atoms with Crippen LogP contribution in [0.25, 0.3) is 0 Å². The summed E-state index contributed by atoms with van der Waals surface area (Å²) in [5, 5.41) is 0. The first kappa shape index (κ1) is 5.74. The van der Waals surface area contributed by atoms with Crippen molar-refractivity contribution in [3.05, 3.63) is 25.5 Å². The largest absolute Gasteiger partial charge is 0.0883 e. The zero-order valence-electron chi connectivity index (χ0n) is 4.15. The maximum atomic E-state index is 3.52. The van der Waals surface area contributed by atoms with Gasteiger partial charge in [0.1, 0.15) is 0 Å². The lowest BCUT2D eigenvalue weighted by molar-refractivity contribution is 1.21. The third-order valence-corrected chi connectivity index (χ3v) is 0.538. The first-order valence-electron chi connectivity index (χ1n) is 2.14. The van der Waals surface area contributed by atoms with Gasteiger partial charge in [0.15, 0.2) is 0 Å². The fourth-order valence-corrected chi connectivity index (χ4v) is 0.232. The lowest BCUT2D eigenvalue weighted by atomic mass is 10.3. The zero-order chi connectivity index (χ0) is 4.83. The molecule has 0 heteroatoms. The minimum absolute atomic E-state index is 1.05. The van der Waals surface area contributed by atoms with Crippen molar-refractivity contribution >= 4 is 0 Å². The van der Waals surface area contributed by atoms with E-state index in [4.69, 9.17) is 0 Å². The van der Waals surface area contributed by atoms with E-state index in [1.165, 1.54) is 0 Å². The second-order valence-corrected chi connectivity index (χ2v) is 1.12. The molecule has 0 heterocycles. The molecule has 0 saturated heterocycles. The van der Waals surface area contributed by atoms with Crippen LogP contribution in [0.4, 0.5) is 0 Å². The van der Waals surface area contributed by atoms with E-state index >= 15 is 0 Å². The molecule has 2 radical (unpaired) electrons. The van der Waals surface area contributed by atoms with Gasteiger partial charge in [-0.3, -0.25) is 0 Å². The Morgan fingerprint density at radius 2 is 2.33 bits per heavy atom. The molecule has 34 valence electrons. The van der Waals surface area contributed by atoms with Gasteiger partial charge in [-0.2, -0.15) is 0 Å². The minimum atomic E-state index is 1.05. The highest BCUT2D eigenvalue weighted by atomic mass is 13.7. The monoisotopic (exact) mass is 82.1 g/mol. The molecule has 0 atom stereocenters. The van der Waals surface area contributed by atoms with Crippen molar-refractivity contribution in [1.82, 2.24) is 0 Å². The Morgan fingerprint density at radius 1 is 1.67 bits per heavy atom. The van der Waals surface area contributed by atoms with Gasteiger partial charge in [-0.25, -0.2) is 0 Å². The molecule has 0 fully saturated rings. The Morgan fingerprint density at radius 3 is 2.50 bits per heavy atom. The topological polar surface area (TPSA) is 0 Å². The second kappa shape index (κ2) is 4.74. The van der Waals surface area contributed by atoms with Crippen LogP contribution < -0.4 is 0 Å². The maximum Gasteiger partial charge on any atom is -0.0316 e. The molecule has 0 aliphatic carbocycles. The molecule has 0 aliphatic heterocycles. The Hall–Kier alpha value is -0.260. The highest BCUT2D eigenvalue weighted by molar-refractivity contribution is 4.86. The van der Waals surface area contributed by atoms with Gasteiger partial charge in [-0.15, -0.1) is 0 Å². The Bertz CT molecular complexity index is 35.3. The van der Waals surface area contributed by atoms with Gasteiger partial charge in [0, 0.05) is 0 Å². The van der Waals surface area contributed by atoms with E-state index in [1.54, 1.807) is 6.08 Å². The number of unbranched alkanes of at least 4 members (excludes halogenated alkanes) is 1. The van der Waals surface area contributed by atoms with Crippen LogP contribution in [0.1, 0.15) is 13.3 Å². The van der Waals surface area contributed by atoms with Crippen LogP contribution in [-0.2, 0) is 0 Å². The fraction of sp³-hybridized carbons (Fsp3) is 0.333. The summed E-state index contributed by atoms with van der Waals surface area (Å²) in [5.41, 5.74) is 0. The summed E-state index contributed by atoms with van der Waals surface area (Å²) < 4.78 is 0. The number of rotatable bonds is 2. The van der Waals surface area contributed by atoms with Crippen molar-refractivity contribution in [3.63, 3.8) is 0 Å². The van der Waals surface area contributed by atoms with Crippen molar-refractivity contribution < 1.29 is 0 Å². The summed E-state index contributed by atoms with van der Waals surface area (Å²) in [6.45, 7) is 5.55. The van der Waals surface area contributed by atoms with Crippen LogP contribution in [-0.4, -0.2) is 0 Å². The molecule has 0 aromatic carbocycles. The van der Waals surface area contributed by atoms with Crippen molar-refractivity contribution in [2.24, 2.45) is 0 Å². The highest BCUT2D eigenvalue weighted by Crippen LogP contribution is 1.83. The molecule has 0 saturated carbocycles. The van der Waals surface area contributed by atoms with Gasteiger partial charge in [0.05, 0.1) is 0 Å². The maximum absolute atomic E-state index is 3.52. The molecule has 0 amide bonds. The van der Waals surface area contributed by atoms with Crippen LogP contribution in [0.2, 0.25) is 0 Å². The molecule has 6 heavy (non-hydrogen) atoms. The minimum Gasteiger partial charge on any atom is -0.0883 e. The lowest BCUT2D eigenvalue weighted by Gasteiger charge is -1.75. The summed E-state index contributed by atoms with van der Waals surface area (Å²) in [7, 11) is 0. The molecule has 0 N–H and O–H groups in total. The highest BCUT2D eigenvalue weighted by Gasteiger charge is 1.65. The molecule has 0 bridgehead atoms. The van der Waals surface area contributed by atoms with Gasteiger partial charge in [-0.1, -0.05) is 19.1 Å². The molecule has 0 aromatic heterocycles. The van der Waals surface area contributed by atoms with Crippen molar-refractivity contribution in [1.29, 1.82) is 0 Å². The van der Waals surface area contributed by atoms with Gasteiger partial charge in [-0.05, 0) is 19.8 Å². The Kier molecular flexibility index (Phi) is 4.53. The normalized spacial score (nSPS) is 10.3. The number of allylic oxidation sites excluding steroid dienone is 2. The Balaban J connectivity index is 2.66. The molecular weight excluding hydrogens is 72.1 g/mol. The fourth-order valence-electron chi connectivity index (χ4n) is 0.232. The van der Waals surface area contributed by atoms with Crippen molar-refractivity contribution in [2.45, 2.75) is 13.3 Å². The summed E-state index contributed by atoms with van der Waals surface area (Å²) in [5.74, 6) is 0. The van der Waals surface area contributed by atoms with Crippen molar-refractivity contribution in [3.8, 4) is 0 Å². The molecule has 0 aliphatic rings. The van der Waals surface area contributed by atoms with E-state index in [-0.39, 0.29) is 0 Å². The van der Waals surface area contributed by atoms with Crippen molar-refractivity contribution in [2.75, 3.05) is 0 Å². The molecule has 0 nitrogen and oxygen atoms in total. The SMILES string of the molecule is [CH2]/C=C/C[CH]C. The van der Waals surface area contributed by atoms with E-state index in [0.717, 1.165) is 6.42 Å². The summed E-state index contributed by atoms with van der Waals surface area (Å²) in [4.78, 5) is 0. The van der Waals surface area contributed by atoms with Crippen LogP contribution in [0.5, 0.6) is 0 Å². The van der Waals surface area contributed by atoms with E-state index in [2.05, 4.69) is 13.3 Å². The summed E-state index contributed by atoms with van der Waals surface area (Å²) in [6.07, 6.45) is 6.95. The first-order valence-corrected chi connectivity index (χ1v) is 2.14. The van der Waals surface area contributed by atoms with Gasteiger partial charge >= 0.3 is 0 Å². The second-order valence-electron chi connectivity index (χ2n) is 1.12. The summed E-state index contributed by atoms with van der Waals surface area (Å²) in [6, 6.07) is 0. The van der Waals surface area contributed by atoms with E-state index in [0.29, 0.717) is 0 Å². The Labute approximate surface area is 39.9 Å². The van der Waals surface area contributed by atoms with Crippen LogP contribution in [0.15, 0.2) is 12.2 Å². The average Bonchev–Trinajstić information content (AvgIpc) is 1.61. The van der Waals surface area contributed by atoms with Gasteiger partial charge in [0.2, 0.25) is 0 Å². The molecule has 0 rings (SSSR count). The standard InChI is InChI=1S/C6H10/c1-3-5-6-4-2/h3-5H,1,6H2,2H3/b5-3+. The van der Waals surface area contributed by atoms with Gasteiger partial charge < -0.3 is 0 Å². The predicted octanol–water partition coefficient (Wildman–Crippen LogP) is 1.99. The number of hydrogen-bond acceptors (Lipinski definition) is 0. The van der Waals surface area contributed by atoms with Crippen LogP contribution >= 0.6 is 0 Å². The van der Waals surface area contributed by atoms with E-state index in [9.17, 15) is 0 Å². The lowest BCUT2D eigenvalue weighted by Crippen LogP contribution is -1.57. The van der Waals surface area contributed by atoms with Gasteiger partial charge in [0.25, 0.3) is 0 Å². The third kappa shape index (κ3) is 3.74. The number of hydrogen-bond donors (Lipinski definition) is 0. The smallest absolute Gasteiger partial charge is 0.0316 e. The molecular formula is C6H10.